The van der Waals surface area contributed by atoms with Gasteiger partial charge in [-0.1, -0.05) is 6.07 Å². The van der Waals surface area contributed by atoms with Crippen LogP contribution in [-0.2, 0) is 6.54 Å². The predicted molar refractivity (Wildman–Crippen MR) is 82.3 cm³/mol. The quantitative estimate of drug-likeness (QED) is 0.938. The minimum absolute atomic E-state index is 0.213. The number of nitrogens with zero attached hydrogens (tertiary/aromatic N) is 1. The number of benzene rings is 2. The zero-order valence-corrected chi connectivity index (χ0v) is 12.5. The lowest BCUT2D eigenvalue weighted by Crippen LogP contribution is -2.16. The first-order valence-corrected chi connectivity index (χ1v) is 6.94. The molecule has 1 heterocycles. The summed E-state index contributed by atoms with van der Waals surface area (Å²) in [7, 11) is 2.01. The fourth-order valence-electron chi connectivity index (χ4n) is 2.62. The van der Waals surface area contributed by atoms with Crippen molar-refractivity contribution in [2.75, 3.05) is 18.7 Å². The Bertz CT molecular complexity index is 662. The van der Waals surface area contributed by atoms with Gasteiger partial charge in [0.2, 0.25) is 6.79 Å². The van der Waals surface area contributed by atoms with Crippen molar-refractivity contribution in [1.29, 1.82) is 0 Å². The Balaban J connectivity index is 1.86. The molecule has 4 heteroatoms. The maximum absolute atomic E-state index is 10.1. The highest BCUT2D eigenvalue weighted by molar-refractivity contribution is 5.55. The van der Waals surface area contributed by atoms with Gasteiger partial charge in [0.15, 0.2) is 11.5 Å². The van der Waals surface area contributed by atoms with Crippen LogP contribution in [0.15, 0.2) is 30.3 Å². The smallest absolute Gasteiger partial charge is 0.231 e. The SMILES string of the molecule is Cc1cc(C)cc(N(C)Cc2cc3c(cc2O)OCO3)c1. The van der Waals surface area contributed by atoms with E-state index in [2.05, 4.69) is 36.9 Å². The topological polar surface area (TPSA) is 41.9 Å². The van der Waals surface area contributed by atoms with E-state index in [0.29, 0.717) is 18.0 Å². The van der Waals surface area contributed by atoms with Crippen LogP contribution in [0.25, 0.3) is 0 Å². The van der Waals surface area contributed by atoms with Gasteiger partial charge in [0.25, 0.3) is 0 Å². The molecule has 0 fully saturated rings. The second-order valence-corrected chi connectivity index (χ2v) is 5.54. The molecule has 0 unspecified atom stereocenters. The molecule has 3 rings (SSSR count). The number of phenolic OH excluding ortho intramolecular Hbond substituents is 1. The van der Waals surface area contributed by atoms with Crippen LogP contribution in [0.4, 0.5) is 5.69 Å². The summed E-state index contributed by atoms with van der Waals surface area (Å²) in [6.45, 7) is 4.99. The van der Waals surface area contributed by atoms with Crippen molar-refractivity contribution in [1.82, 2.24) is 0 Å². The second-order valence-electron chi connectivity index (χ2n) is 5.54. The molecule has 110 valence electrons. The Labute approximate surface area is 124 Å². The van der Waals surface area contributed by atoms with Crippen LogP contribution < -0.4 is 14.4 Å². The lowest BCUT2D eigenvalue weighted by Gasteiger charge is -2.21. The highest BCUT2D eigenvalue weighted by Gasteiger charge is 2.18. The van der Waals surface area contributed by atoms with E-state index in [4.69, 9.17) is 9.47 Å². The molecule has 0 atom stereocenters. The van der Waals surface area contributed by atoms with Gasteiger partial charge in [0, 0.05) is 30.9 Å². The molecule has 0 radical (unpaired) electrons. The fraction of sp³-hybridized carbons (Fsp3) is 0.294. The summed E-state index contributed by atoms with van der Waals surface area (Å²) in [5, 5.41) is 10.1. The first-order valence-electron chi connectivity index (χ1n) is 6.94. The summed E-state index contributed by atoms with van der Waals surface area (Å²) in [6.07, 6.45) is 0. The third-order valence-corrected chi connectivity index (χ3v) is 3.63. The van der Waals surface area contributed by atoms with E-state index in [9.17, 15) is 5.11 Å². The third-order valence-electron chi connectivity index (χ3n) is 3.63. The highest BCUT2D eigenvalue weighted by Crippen LogP contribution is 2.38. The van der Waals surface area contributed by atoms with Crippen LogP contribution in [0.5, 0.6) is 17.2 Å². The van der Waals surface area contributed by atoms with Gasteiger partial charge in [-0.3, -0.25) is 0 Å². The summed E-state index contributed by atoms with van der Waals surface area (Å²) in [5.41, 5.74) is 4.41. The number of ether oxygens (including phenoxy) is 2. The maximum atomic E-state index is 10.1. The standard InChI is InChI=1S/C17H19NO3/c1-11-4-12(2)6-14(5-11)18(3)9-13-7-16-17(8-15(13)19)21-10-20-16/h4-8,19H,9-10H2,1-3H3. The molecule has 1 N–H and O–H groups in total. The minimum atomic E-state index is 0.213. The van der Waals surface area contributed by atoms with Gasteiger partial charge < -0.3 is 19.5 Å². The lowest BCUT2D eigenvalue weighted by atomic mass is 10.1. The Kier molecular flexibility index (Phi) is 3.37. The maximum Gasteiger partial charge on any atom is 0.231 e. The van der Waals surface area contributed by atoms with Crippen LogP contribution in [0.2, 0.25) is 0 Å². The van der Waals surface area contributed by atoms with Crippen molar-refractivity contribution >= 4 is 5.69 Å². The van der Waals surface area contributed by atoms with Gasteiger partial charge in [0.05, 0.1) is 0 Å². The molecule has 2 aromatic rings. The molecule has 0 aliphatic carbocycles. The molecule has 0 spiro atoms. The molecule has 0 aromatic heterocycles. The van der Waals surface area contributed by atoms with Crippen LogP contribution in [0.1, 0.15) is 16.7 Å². The summed E-state index contributed by atoms with van der Waals surface area (Å²) in [5.74, 6) is 1.53. The van der Waals surface area contributed by atoms with E-state index in [1.54, 1.807) is 6.07 Å². The van der Waals surface area contributed by atoms with Crippen LogP contribution >= 0.6 is 0 Å². The molecular weight excluding hydrogens is 266 g/mol. The molecule has 21 heavy (non-hydrogen) atoms. The minimum Gasteiger partial charge on any atom is -0.507 e. The lowest BCUT2D eigenvalue weighted by molar-refractivity contribution is 0.174. The molecule has 0 saturated heterocycles. The normalized spacial score (nSPS) is 12.5. The van der Waals surface area contributed by atoms with Crippen molar-refractivity contribution in [2.45, 2.75) is 20.4 Å². The average molecular weight is 285 g/mol. The number of hydrogen-bond acceptors (Lipinski definition) is 4. The molecule has 1 aliphatic rings. The van der Waals surface area contributed by atoms with Gasteiger partial charge in [-0.2, -0.15) is 0 Å². The molecule has 0 bridgehead atoms. The van der Waals surface area contributed by atoms with Crippen molar-refractivity contribution in [3.05, 3.63) is 47.0 Å². The molecule has 4 nitrogen and oxygen atoms in total. The van der Waals surface area contributed by atoms with Gasteiger partial charge >= 0.3 is 0 Å². The van der Waals surface area contributed by atoms with Gasteiger partial charge in [-0.15, -0.1) is 0 Å². The number of rotatable bonds is 3. The zero-order valence-electron chi connectivity index (χ0n) is 12.5. The number of hydrogen-bond donors (Lipinski definition) is 1. The molecular formula is C17H19NO3. The van der Waals surface area contributed by atoms with E-state index >= 15 is 0 Å². The number of aromatic hydroxyl groups is 1. The number of aryl methyl sites for hydroxylation is 2. The third kappa shape index (κ3) is 2.75. The molecule has 2 aromatic carbocycles. The number of phenols is 1. The summed E-state index contributed by atoms with van der Waals surface area (Å²) >= 11 is 0. The average Bonchev–Trinajstić information content (AvgIpc) is 2.85. The predicted octanol–water partition coefficient (Wildman–Crippen LogP) is 3.37. The Morgan fingerprint density at radius 3 is 2.29 bits per heavy atom. The number of fused-ring (bicyclic) bond motifs is 1. The van der Waals surface area contributed by atoms with E-state index in [1.807, 2.05) is 13.1 Å². The van der Waals surface area contributed by atoms with E-state index in [0.717, 1.165) is 11.3 Å². The molecule has 0 amide bonds. The number of anilines is 1. The van der Waals surface area contributed by atoms with Crippen molar-refractivity contribution < 1.29 is 14.6 Å². The molecule has 0 saturated carbocycles. The Morgan fingerprint density at radius 2 is 1.62 bits per heavy atom. The largest absolute Gasteiger partial charge is 0.507 e. The highest BCUT2D eigenvalue weighted by atomic mass is 16.7. The monoisotopic (exact) mass is 285 g/mol. The molecule has 1 aliphatic heterocycles. The second kappa shape index (κ2) is 5.20. The first kappa shape index (κ1) is 13.6. The summed E-state index contributed by atoms with van der Waals surface area (Å²) < 4.78 is 10.6. The van der Waals surface area contributed by atoms with E-state index < -0.39 is 0 Å². The van der Waals surface area contributed by atoms with Crippen molar-refractivity contribution in [2.24, 2.45) is 0 Å². The van der Waals surface area contributed by atoms with Gasteiger partial charge in [-0.25, -0.2) is 0 Å². The van der Waals surface area contributed by atoms with Crippen LogP contribution in [0, 0.1) is 13.8 Å². The van der Waals surface area contributed by atoms with Gasteiger partial charge in [-0.05, 0) is 43.2 Å². The summed E-state index contributed by atoms with van der Waals surface area (Å²) in [6, 6.07) is 9.88. The van der Waals surface area contributed by atoms with Crippen LogP contribution in [0.3, 0.4) is 0 Å². The van der Waals surface area contributed by atoms with Crippen molar-refractivity contribution in [3.8, 4) is 17.2 Å². The Morgan fingerprint density at radius 1 is 1.00 bits per heavy atom. The van der Waals surface area contributed by atoms with Gasteiger partial charge in [0.1, 0.15) is 5.75 Å². The van der Waals surface area contributed by atoms with E-state index in [1.165, 1.54) is 11.1 Å². The zero-order chi connectivity index (χ0) is 15.0. The fourth-order valence-corrected chi connectivity index (χ4v) is 2.62. The van der Waals surface area contributed by atoms with Crippen molar-refractivity contribution in [3.63, 3.8) is 0 Å². The summed E-state index contributed by atoms with van der Waals surface area (Å²) in [4.78, 5) is 2.11. The van der Waals surface area contributed by atoms with Crippen LogP contribution in [-0.4, -0.2) is 18.9 Å². The first-order chi connectivity index (χ1) is 10.0. The Hall–Kier alpha value is -2.36. The van der Waals surface area contributed by atoms with E-state index in [-0.39, 0.29) is 12.5 Å².